The van der Waals surface area contributed by atoms with Crippen molar-refractivity contribution in [3.05, 3.63) is 62.0 Å². The summed E-state index contributed by atoms with van der Waals surface area (Å²) in [6.07, 6.45) is 2.31. The molecule has 0 saturated carbocycles. The fourth-order valence-electron chi connectivity index (χ4n) is 3.03. The van der Waals surface area contributed by atoms with Crippen LogP contribution in [0.25, 0.3) is 0 Å². The van der Waals surface area contributed by atoms with E-state index >= 15 is 0 Å². The van der Waals surface area contributed by atoms with Crippen LogP contribution in [0.1, 0.15) is 23.3 Å². The molecule has 1 N–H and O–H groups in total. The Bertz CT molecular complexity index is 683. The predicted octanol–water partition coefficient (Wildman–Crippen LogP) is 4.06. The van der Waals surface area contributed by atoms with Crippen LogP contribution in [0.2, 0.25) is 5.02 Å². The van der Waals surface area contributed by atoms with Gasteiger partial charge in [0.15, 0.2) is 0 Å². The summed E-state index contributed by atoms with van der Waals surface area (Å²) in [5, 5.41) is 15.3. The molecule has 0 bridgehead atoms. The molecule has 0 radical (unpaired) electrons. The molecular formula is C17H20ClN3O2S. The highest BCUT2D eigenvalue weighted by atomic mass is 35.5. The third kappa shape index (κ3) is 4.54. The Morgan fingerprint density at radius 1 is 1.25 bits per heavy atom. The Kier molecular flexibility index (Phi) is 5.84. The number of thiophene rings is 1. The number of halogens is 1. The summed E-state index contributed by atoms with van der Waals surface area (Å²) in [5.41, 5.74) is 1.20. The van der Waals surface area contributed by atoms with Crippen LogP contribution in [0.5, 0.6) is 0 Å². The van der Waals surface area contributed by atoms with Gasteiger partial charge in [0.1, 0.15) is 0 Å². The van der Waals surface area contributed by atoms with E-state index in [2.05, 4.69) is 10.2 Å². The van der Waals surface area contributed by atoms with Gasteiger partial charge in [0, 0.05) is 41.6 Å². The van der Waals surface area contributed by atoms with E-state index < -0.39 is 0 Å². The van der Waals surface area contributed by atoms with Crippen LogP contribution in [-0.4, -0.2) is 29.0 Å². The number of rotatable bonds is 6. The van der Waals surface area contributed by atoms with Crippen LogP contribution >= 0.6 is 22.9 Å². The number of nitrogens with zero attached hydrogens (tertiary/aromatic N) is 2. The maximum atomic E-state index is 10.9. The van der Waals surface area contributed by atoms with Crippen LogP contribution in [0.3, 0.4) is 0 Å². The highest BCUT2D eigenvalue weighted by molar-refractivity contribution is 7.15. The lowest BCUT2D eigenvalue weighted by Gasteiger charge is -2.34. The minimum atomic E-state index is -0.320. The Morgan fingerprint density at radius 2 is 2.04 bits per heavy atom. The van der Waals surface area contributed by atoms with Crippen LogP contribution in [0.15, 0.2) is 36.4 Å². The van der Waals surface area contributed by atoms with Gasteiger partial charge in [-0.1, -0.05) is 35.1 Å². The zero-order chi connectivity index (χ0) is 16.9. The molecule has 0 aliphatic carbocycles. The molecule has 3 rings (SSSR count). The van der Waals surface area contributed by atoms with Gasteiger partial charge in [-0.15, -0.1) is 0 Å². The molecule has 7 heteroatoms. The van der Waals surface area contributed by atoms with Crippen molar-refractivity contribution in [3.63, 3.8) is 0 Å². The van der Waals surface area contributed by atoms with Gasteiger partial charge < -0.3 is 5.32 Å². The van der Waals surface area contributed by atoms with E-state index in [0.717, 1.165) is 48.9 Å². The first-order chi connectivity index (χ1) is 11.6. The van der Waals surface area contributed by atoms with E-state index in [4.69, 9.17) is 11.6 Å². The smallest absolute Gasteiger partial charge is 0.315 e. The van der Waals surface area contributed by atoms with Crippen molar-refractivity contribution in [2.75, 3.05) is 13.1 Å². The summed E-state index contributed by atoms with van der Waals surface area (Å²) in [6, 6.07) is 11.8. The fraction of sp³-hybridized carbons (Fsp3) is 0.412. The number of piperidine rings is 1. The summed E-state index contributed by atoms with van der Waals surface area (Å²) < 4.78 is 0. The van der Waals surface area contributed by atoms with Crippen molar-refractivity contribution in [1.29, 1.82) is 0 Å². The summed E-state index contributed by atoms with van der Waals surface area (Å²) in [6.45, 7) is 3.57. The van der Waals surface area contributed by atoms with E-state index in [1.807, 2.05) is 30.3 Å². The lowest BCUT2D eigenvalue weighted by Crippen LogP contribution is -2.45. The molecule has 1 aromatic heterocycles. The van der Waals surface area contributed by atoms with Crippen molar-refractivity contribution in [2.24, 2.45) is 0 Å². The molecule has 1 aliphatic heterocycles. The topological polar surface area (TPSA) is 58.4 Å². The summed E-state index contributed by atoms with van der Waals surface area (Å²) in [4.78, 5) is 14.0. The Hall–Kier alpha value is -1.47. The largest absolute Gasteiger partial charge is 0.324 e. The number of hydrogen-bond acceptors (Lipinski definition) is 5. The molecule has 1 atom stereocenters. The van der Waals surface area contributed by atoms with E-state index in [1.54, 1.807) is 6.07 Å². The highest BCUT2D eigenvalue weighted by Gasteiger charge is 2.22. The number of benzene rings is 1. The summed E-state index contributed by atoms with van der Waals surface area (Å²) >= 11 is 7.24. The van der Waals surface area contributed by atoms with Crippen molar-refractivity contribution < 1.29 is 4.92 Å². The molecule has 1 aliphatic rings. The molecule has 2 aromatic rings. The maximum Gasteiger partial charge on any atom is 0.324 e. The van der Waals surface area contributed by atoms with Crippen molar-refractivity contribution in [1.82, 2.24) is 10.2 Å². The van der Waals surface area contributed by atoms with E-state index in [-0.39, 0.29) is 9.92 Å². The molecule has 24 heavy (non-hydrogen) atoms. The molecule has 1 fully saturated rings. The van der Waals surface area contributed by atoms with Gasteiger partial charge in [-0.2, -0.15) is 0 Å². The number of nitrogens with one attached hydrogen (secondary N) is 1. The first kappa shape index (κ1) is 17.4. The zero-order valence-electron chi connectivity index (χ0n) is 13.3. The summed E-state index contributed by atoms with van der Waals surface area (Å²) in [5.74, 6) is 0. The first-order valence-corrected chi connectivity index (χ1v) is 9.23. The average molecular weight is 366 g/mol. The van der Waals surface area contributed by atoms with Gasteiger partial charge >= 0.3 is 5.00 Å². The highest BCUT2D eigenvalue weighted by Crippen LogP contribution is 2.27. The molecule has 2 heterocycles. The van der Waals surface area contributed by atoms with Gasteiger partial charge in [0.25, 0.3) is 0 Å². The summed E-state index contributed by atoms with van der Waals surface area (Å²) in [7, 11) is 0. The Labute approximate surface area is 150 Å². The molecule has 1 aromatic carbocycles. The number of hydrogen-bond donors (Lipinski definition) is 1. The maximum absolute atomic E-state index is 10.9. The van der Waals surface area contributed by atoms with Crippen LogP contribution in [0.4, 0.5) is 5.00 Å². The molecular weight excluding hydrogens is 346 g/mol. The average Bonchev–Trinajstić information content (AvgIpc) is 3.06. The van der Waals surface area contributed by atoms with Crippen molar-refractivity contribution in [2.45, 2.75) is 32.0 Å². The molecule has 1 unspecified atom stereocenters. The second kappa shape index (κ2) is 8.07. The van der Waals surface area contributed by atoms with E-state index in [9.17, 15) is 10.1 Å². The van der Waals surface area contributed by atoms with Gasteiger partial charge in [-0.05, 0) is 43.1 Å². The fourth-order valence-corrected chi connectivity index (χ4v) is 4.01. The lowest BCUT2D eigenvalue weighted by molar-refractivity contribution is -0.380. The number of nitro groups is 1. The normalized spacial score (nSPS) is 18.0. The molecule has 1 saturated heterocycles. The van der Waals surface area contributed by atoms with Crippen molar-refractivity contribution in [3.8, 4) is 0 Å². The van der Waals surface area contributed by atoms with E-state index in [0.29, 0.717) is 6.04 Å². The predicted molar refractivity (Wildman–Crippen MR) is 97.6 cm³/mol. The minimum absolute atomic E-state index is 0.207. The van der Waals surface area contributed by atoms with Gasteiger partial charge in [0.05, 0.1) is 4.92 Å². The van der Waals surface area contributed by atoms with Crippen LogP contribution in [-0.2, 0) is 13.1 Å². The Morgan fingerprint density at radius 3 is 2.67 bits per heavy atom. The first-order valence-electron chi connectivity index (χ1n) is 8.04. The third-order valence-corrected chi connectivity index (χ3v) is 5.55. The molecule has 5 nitrogen and oxygen atoms in total. The second-order valence-electron chi connectivity index (χ2n) is 6.03. The van der Waals surface area contributed by atoms with Gasteiger partial charge in [0.2, 0.25) is 0 Å². The quantitative estimate of drug-likeness (QED) is 0.619. The second-order valence-corrected chi connectivity index (χ2v) is 7.61. The zero-order valence-corrected chi connectivity index (χ0v) is 14.9. The van der Waals surface area contributed by atoms with Gasteiger partial charge in [-0.25, -0.2) is 0 Å². The molecule has 128 valence electrons. The standard InChI is InChI=1S/C17H20ClN3O2S/c18-14-5-3-13(4-6-14)11-20(15-2-1-9-19-10-15)12-16-7-8-17(24-16)21(22)23/h3-8,15,19H,1-2,9-12H2. The van der Waals surface area contributed by atoms with Crippen LogP contribution in [0, 0.1) is 10.1 Å². The van der Waals surface area contributed by atoms with Crippen LogP contribution < -0.4 is 5.32 Å². The molecule has 0 spiro atoms. The SMILES string of the molecule is O=[N+]([O-])c1ccc(CN(Cc2ccc(Cl)cc2)C2CCCNC2)s1. The lowest BCUT2D eigenvalue weighted by atomic mass is 10.0. The van der Waals surface area contributed by atoms with Gasteiger partial charge in [-0.3, -0.25) is 15.0 Å². The van der Waals surface area contributed by atoms with E-state index in [1.165, 1.54) is 16.9 Å². The Balaban J connectivity index is 1.75. The molecule has 0 amide bonds. The van der Waals surface area contributed by atoms with Crippen molar-refractivity contribution >= 4 is 27.9 Å². The minimum Gasteiger partial charge on any atom is -0.315 e. The third-order valence-electron chi connectivity index (χ3n) is 4.27. The monoisotopic (exact) mass is 365 g/mol.